The van der Waals surface area contributed by atoms with Crippen LogP contribution in [0.4, 0.5) is 19.0 Å². The van der Waals surface area contributed by atoms with Gasteiger partial charge < -0.3 is 25.2 Å². The maximum absolute atomic E-state index is 17.1. The first-order valence-corrected chi connectivity index (χ1v) is 18.5. The molecule has 3 N–H and O–H groups in total. The molecule has 0 radical (unpaired) electrons. The van der Waals surface area contributed by atoms with Crippen LogP contribution in [0, 0.1) is 24.0 Å². The van der Waals surface area contributed by atoms with Crippen molar-refractivity contribution < 1.29 is 32.9 Å². The predicted molar refractivity (Wildman–Crippen MR) is 201 cm³/mol. The number of halogens is 3. The largest absolute Gasteiger partial charge is 0.508 e. The Kier molecular flexibility index (Phi) is 10.2. The quantitative estimate of drug-likeness (QED) is 0.140. The molecule has 54 heavy (non-hydrogen) atoms. The van der Waals surface area contributed by atoms with Gasteiger partial charge in [0.15, 0.2) is 5.82 Å². The van der Waals surface area contributed by atoms with Crippen LogP contribution in [0.3, 0.4) is 0 Å². The number of carbonyl (C=O) groups excluding carboxylic acids is 1. The van der Waals surface area contributed by atoms with Crippen molar-refractivity contribution in [3.63, 3.8) is 0 Å². The third-order valence-corrected chi connectivity index (χ3v) is 11.3. The summed E-state index contributed by atoms with van der Waals surface area (Å²) in [5, 5.41) is 25.0. The van der Waals surface area contributed by atoms with E-state index in [0.29, 0.717) is 43.6 Å². The Bertz CT molecular complexity index is 2150. The number of terminal acetylenes is 1. The highest BCUT2D eigenvalue weighted by molar-refractivity contribution is 6.03. The number of anilines is 1. The molecule has 10 nitrogen and oxygen atoms in total. The average molecular weight is 743 g/mol. The summed E-state index contributed by atoms with van der Waals surface area (Å²) >= 11 is 0. The summed E-state index contributed by atoms with van der Waals surface area (Å²) in [7, 11) is 0. The smallest absolute Gasteiger partial charge is 0.319 e. The number of aromatic nitrogens is 3. The standard InChI is InChI=1S/C41H45F3N6O4/c1-5-29-32(43)11-10-24-17-28(51)18-30(34(24)29)36-35(44)37-31(20-45-36)38(49-16-8-7-9-26(22-49)46-33(52)6-2)48-39(47-37)54-23-40(3)19-25(42)21-50(40)27-12-14-41(4,53)15-13-27/h1,6,10-11,17-18,20,25-27,51,53H,2,7-9,12-16,19,21-23H2,3-4H3,(H,46,52)/t25-,26?,27?,40+,41?/m1/s1. The van der Waals surface area contributed by atoms with Gasteiger partial charge in [-0.05, 0) is 88.5 Å². The Hall–Kier alpha value is -4.93. The zero-order valence-corrected chi connectivity index (χ0v) is 30.5. The minimum absolute atomic E-state index is 0.0187. The molecule has 284 valence electrons. The molecule has 3 aliphatic rings. The number of hydrogen-bond acceptors (Lipinski definition) is 9. The second kappa shape index (κ2) is 14.7. The highest BCUT2D eigenvalue weighted by Gasteiger charge is 2.47. The molecule has 7 rings (SSSR count). The lowest BCUT2D eigenvalue weighted by atomic mass is 9.82. The van der Waals surface area contributed by atoms with Crippen LogP contribution in [0.1, 0.15) is 70.8 Å². The van der Waals surface area contributed by atoms with Crippen molar-refractivity contribution >= 4 is 33.4 Å². The van der Waals surface area contributed by atoms with E-state index >= 15 is 8.78 Å². The molecular weight excluding hydrogens is 697 g/mol. The Morgan fingerprint density at radius 1 is 1.17 bits per heavy atom. The number of benzene rings is 2. The van der Waals surface area contributed by atoms with Gasteiger partial charge in [0, 0.05) is 55.3 Å². The number of nitrogens with zero attached hydrogens (tertiary/aromatic N) is 5. The number of pyridine rings is 1. The number of likely N-dealkylation sites (tertiary alicyclic amines) is 1. The fraction of sp³-hybridized carbons (Fsp3) is 0.463. The van der Waals surface area contributed by atoms with Gasteiger partial charge >= 0.3 is 6.01 Å². The SMILES string of the molecule is C#Cc1c(F)ccc2cc(O)cc(-c3ncc4c(N5CCCCC(NC(=O)C=C)C5)nc(OC[C@]5(C)C[C@@H](F)CN5C5CCC(C)(O)CC5)nc4c3F)c12. The lowest BCUT2D eigenvalue weighted by Gasteiger charge is -2.44. The number of phenols is 1. The molecule has 1 aliphatic carbocycles. The number of nitrogens with one attached hydrogen (secondary N) is 1. The molecular formula is C41H45F3N6O4. The van der Waals surface area contributed by atoms with Crippen LogP contribution in [0.5, 0.6) is 11.8 Å². The number of fused-ring (bicyclic) bond motifs is 2. The van der Waals surface area contributed by atoms with Crippen molar-refractivity contribution in [3.05, 3.63) is 60.3 Å². The van der Waals surface area contributed by atoms with Crippen molar-refractivity contribution in [1.82, 2.24) is 25.2 Å². The van der Waals surface area contributed by atoms with E-state index in [0.717, 1.165) is 25.7 Å². The Morgan fingerprint density at radius 3 is 2.69 bits per heavy atom. The average Bonchev–Trinajstić information content (AvgIpc) is 3.27. The molecule has 3 fully saturated rings. The van der Waals surface area contributed by atoms with E-state index in [4.69, 9.17) is 16.1 Å². The van der Waals surface area contributed by atoms with E-state index in [-0.39, 0.29) is 82.4 Å². The van der Waals surface area contributed by atoms with Crippen LogP contribution < -0.4 is 15.0 Å². The second-order valence-electron chi connectivity index (χ2n) is 15.5. The minimum atomic E-state index is -1.07. The van der Waals surface area contributed by atoms with Gasteiger partial charge in [-0.2, -0.15) is 9.97 Å². The van der Waals surface area contributed by atoms with Crippen LogP contribution in [-0.4, -0.2) is 91.6 Å². The van der Waals surface area contributed by atoms with Crippen LogP contribution in [0.25, 0.3) is 32.9 Å². The normalized spacial score (nSPS) is 26.4. The summed E-state index contributed by atoms with van der Waals surface area (Å²) in [5.74, 6) is 0.656. The number of phenolic OH excluding ortho intramolecular Hbond substituents is 1. The first-order chi connectivity index (χ1) is 25.8. The van der Waals surface area contributed by atoms with E-state index in [1.807, 2.05) is 18.7 Å². The zero-order chi connectivity index (χ0) is 38.4. The molecule has 0 bridgehead atoms. The van der Waals surface area contributed by atoms with E-state index in [9.17, 15) is 19.4 Å². The molecule has 3 atom stereocenters. The number of carbonyl (C=O) groups is 1. The number of alkyl halides is 1. The fourth-order valence-corrected chi connectivity index (χ4v) is 8.56. The highest BCUT2D eigenvalue weighted by atomic mass is 19.1. The van der Waals surface area contributed by atoms with Crippen molar-refractivity contribution in [3.8, 4) is 35.4 Å². The molecule has 2 aliphatic heterocycles. The fourth-order valence-electron chi connectivity index (χ4n) is 8.56. The summed E-state index contributed by atoms with van der Waals surface area (Å²) in [5.41, 5.74) is -1.83. The zero-order valence-electron chi connectivity index (χ0n) is 30.5. The molecule has 4 aromatic rings. The van der Waals surface area contributed by atoms with Gasteiger partial charge in [0.25, 0.3) is 0 Å². The second-order valence-corrected chi connectivity index (χ2v) is 15.5. The Labute approximate surface area is 312 Å². The van der Waals surface area contributed by atoms with E-state index < -0.39 is 28.9 Å². The molecule has 2 saturated heterocycles. The van der Waals surface area contributed by atoms with Gasteiger partial charge in [-0.25, -0.2) is 13.2 Å². The molecule has 2 aromatic heterocycles. The maximum atomic E-state index is 17.1. The van der Waals surface area contributed by atoms with Crippen LogP contribution in [0.2, 0.25) is 0 Å². The Balaban J connectivity index is 1.32. The lowest BCUT2D eigenvalue weighted by Crippen LogP contribution is -2.53. The number of ether oxygens (including phenoxy) is 1. The third kappa shape index (κ3) is 7.29. The summed E-state index contributed by atoms with van der Waals surface area (Å²) < 4.78 is 53.5. The third-order valence-electron chi connectivity index (χ3n) is 11.3. The molecule has 1 unspecified atom stereocenters. The van der Waals surface area contributed by atoms with Gasteiger partial charge in [-0.15, -0.1) is 6.42 Å². The van der Waals surface area contributed by atoms with E-state index in [1.54, 1.807) is 0 Å². The predicted octanol–water partition coefficient (Wildman–Crippen LogP) is 6.35. The van der Waals surface area contributed by atoms with Gasteiger partial charge in [0.2, 0.25) is 5.91 Å². The molecule has 4 heterocycles. The highest BCUT2D eigenvalue weighted by Crippen LogP contribution is 2.41. The van der Waals surface area contributed by atoms with Gasteiger partial charge in [-0.3, -0.25) is 14.7 Å². The molecule has 2 aromatic carbocycles. The van der Waals surface area contributed by atoms with Crippen LogP contribution in [0.15, 0.2) is 43.1 Å². The van der Waals surface area contributed by atoms with Gasteiger partial charge in [-0.1, -0.05) is 18.6 Å². The number of amides is 1. The summed E-state index contributed by atoms with van der Waals surface area (Å²) in [4.78, 5) is 30.2. The van der Waals surface area contributed by atoms with Crippen molar-refractivity contribution in [2.45, 2.75) is 94.6 Å². The molecule has 0 spiro atoms. The molecule has 1 amide bonds. The summed E-state index contributed by atoms with van der Waals surface area (Å²) in [6.45, 7) is 8.50. The monoisotopic (exact) mass is 742 g/mol. The Morgan fingerprint density at radius 2 is 1.94 bits per heavy atom. The van der Waals surface area contributed by atoms with E-state index in [1.165, 1.54) is 36.5 Å². The first kappa shape index (κ1) is 37.4. The number of rotatable bonds is 8. The first-order valence-electron chi connectivity index (χ1n) is 18.5. The number of hydrogen-bond donors (Lipinski definition) is 3. The van der Waals surface area contributed by atoms with Gasteiger partial charge in [0.1, 0.15) is 41.4 Å². The topological polar surface area (TPSA) is 124 Å². The number of aromatic hydroxyl groups is 1. The summed E-state index contributed by atoms with van der Waals surface area (Å²) in [6.07, 6.45) is 12.5. The molecule has 1 saturated carbocycles. The van der Waals surface area contributed by atoms with E-state index in [2.05, 4.69) is 32.7 Å². The van der Waals surface area contributed by atoms with Crippen molar-refractivity contribution in [2.75, 3.05) is 31.1 Å². The van der Waals surface area contributed by atoms with Crippen LogP contribution >= 0.6 is 0 Å². The lowest BCUT2D eigenvalue weighted by molar-refractivity contribution is -0.117. The summed E-state index contributed by atoms with van der Waals surface area (Å²) in [6, 6.07) is 5.03. The van der Waals surface area contributed by atoms with Gasteiger partial charge in [0.05, 0.1) is 22.1 Å². The maximum Gasteiger partial charge on any atom is 0.319 e. The number of aliphatic hydroxyl groups is 1. The van der Waals surface area contributed by atoms with Crippen LogP contribution in [-0.2, 0) is 4.79 Å². The molecule has 13 heteroatoms. The van der Waals surface area contributed by atoms with Crippen molar-refractivity contribution in [1.29, 1.82) is 0 Å². The minimum Gasteiger partial charge on any atom is -0.508 e. The van der Waals surface area contributed by atoms with Crippen molar-refractivity contribution in [2.24, 2.45) is 0 Å².